The number of nitrogens with two attached hydrogens (primary N) is 1. The number of halogens is 2. The van der Waals surface area contributed by atoms with Crippen molar-refractivity contribution in [2.75, 3.05) is 12.3 Å². The summed E-state index contributed by atoms with van der Waals surface area (Å²) in [6, 6.07) is 2.04. The van der Waals surface area contributed by atoms with Crippen molar-refractivity contribution in [2.24, 2.45) is 5.92 Å². The van der Waals surface area contributed by atoms with Gasteiger partial charge in [-0.25, -0.2) is 13.1 Å². The zero-order chi connectivity index (χ0) is 14.8. The first-order valence-corrected chi connectivity index (χ1v) is 7.81. The van der Waals surface area contributed by atoms with Crippen LogP contribution in [-0.4, -0.2) is 26.2 Å². The molecule has 1 aromatic carbocycles. The number of aliphatic hydroxyl groups is 1. The molecular weight excluding hydrogens is 311 g/mol. The van der Waals surface area contributed by atoms with E-state index in [1.165, 1.54) is 12.1 Å². The molecule has 0 aliphatic heterocycles. The first-order chi connectivity index (χ1) is 8.70. The second-order valence-corrected chi connectivity index (χ2v) is 6.90. The maximum atomic E-state index is 12.2. The summed E-state index contributed by atoms with van der Waals surface area (Å²) in [4.78, 5) is -0.157. The number of sulfonamides is 1. The first kappa shape index (κ1) is 16.5. The zero-order valence-electron chi connectivity index (χ0n) is 10.5. The first-order valence-electron chi connectivity index (χ1n) is 5.57. The summed E-state index contributed by atoms with van der Waals surface area (Å²) >= 11 is 11.7. The minimum Gasteiger partial charge on any atom is -0.396 e. The lowest BCUT2D eigenvalue weighted by molar-refractivity contribution is 0.227. The summed E-state index contributed by atoms with van der Waals surface area (Å²) < 4.78 is 26.8. The maximum absolute atomic E-state index is 12.2. The molecule has 0 aliphatic carbocycles. The molecule has 0 bridgehead atoms. The van der Waals surface area contributed by atoms with Gasteiger partial charge in [-0.15, -0.1) is 0 Å². The zero-order valence-corrected chi connectivity index (χ0v) is 12.9. The third-order valence-corrected chi connectivity index (χ3v) is 5.07. The summed E-state index contributed by atoms with van der Waals surface area (Å²) in [5.41, 5.74) is 5.61. The Morgan fingerprint density at radius 2 is 1.95 bits per heavy atom. The molecule has 5 nitrogen and oxygen atoms in total. The minimum atomic E-state index is -3.87. The van der Waals surface area contributed by atoms with Gasteiger partial charge in [-0.05, 0) is 18.1 Å². The van der Waals surface area contributed by atoms with Crippen molar-refractivity contribution in [2.45, 2.75) is 24.8 Å². The van der Waals surface area contributed by atoms with Gasteiger partial charge in [0.1, 0.15) is 4.90 Å². The summed E-state index contributed by atoms with van der Waals surface area (Å²) in [7, 11) is -3.87. The maximum Gasteiger partial charge on any atom is 0.242 e. The Balaban J connectivity index is 3.18. The average molecular weight is 327 g/mol. The van der Waals surface area contributed by atoms with Gasteiger partial charge in [0.15, 0.2) is 0 Å². The SMILES string of the molecule is CC(C)[C@@H](CO)NS(=O)(=O)c1ccc(Cl)c(N)c1Cl. The average Bonchev–Trinajstić information content (AvgIpc) is 2.32. The van der Waals surface area contributed by atoms with Crippen molar-refractivity contribution < 1.29 is 13.5 Å². The molecule has 0 heterocycles. The van der Waals surface area contributed by atoms with Crippen LogP contribution in [0, 0.1) is 5.92 Å². The van der Waals surface area contributed by atoms with E-state index in [1.54, 1.807) is 13.8 Å². The molecule has 0 aliphatic rings. The highest BCUT2D eigenvalue weighted by Crippen LogP contribution is 2.33. The van der Waals surface area contributed by atoms with E-state index >= 15 is 0 Å². The molecule has 1 rings (SSSR count). The number of aliphatic hydroxyl groups excluding tert-OH is 1. The lowest BCUT2D eigenvalue weighted by Gasteiger charge is -2.20. The van der Waals surface area contributed by atoms with Crippen molar-refractivity contribution in [3.05, 3.63) is 22.2 Å². The fraction of sp³-hybridized carbons (Fsp3) is 0.455. The van der Waals surface area contributed by atoms with Crippen molar-refractivity contribution in [3.63, 3.8) is 0 Å². The number of nitrogen functional groups attached to an aromatic ring is 1. The Hall–Kier alpha value is -0.530. The molecule has 0 spiro atoms. The largest absolute Gasteiger partial charge is 0.396 e. The lowest BCUT2D eigenvalue weighted by Crippen LogP contribution is -2.41. The molecule has 0 radical (unpaired) electrons. The van der Waals surface area contributed by atoms with Crippen LogP contribution in [0.4, 0.5) is 5.69 Å². The monoisotopic (exact) mass is 326 g/mol. The van der Waals surface area contributed by atoms with Gasteiger partial charge < -0.3 is 10.8 Å². The topological polar surface area (TPSA) is 92.4 Å². The van der Waals surface area contributed by atoms with Gasteiger partial charge in [0.25, 0.3) is 0 Å². The van der Waals surface area contributed by atoms with E-state index in [4.69, 9.17) is 34.0 Å². The summed E-state index contributed by atoms with van der Waals surface area (Å²) in [5.74, 6) is -0.0665. The van der Waals surface area contributed by atoms with Crippen molar-refractivity contribution in [1.29, 1.82) is 0 Å². The van der Waals surface area contributed by atoms with Crippen LogP contribution < -0.4 is 10.5 Å². The van der Waals surface area contributed by atoms with E-state index in [2.05, 4.69) is 4.72 Å². The smallest absolute Gasteiger partial charge is 0.242 e. The summed E-state index contributed by atoms with van der Waals surface area (Å²) in [6.07, 6.45) is 0. The van der Waals surface area contributed by atoms with E-state index in [9.17, 15) is 8.42 Å². The number of nitrogens with one attached hydrogen (secondary N) is 1. The summed E-state index contributed by atoms with van der Waals surface area (Å²) in [5, 5.41) is 9.23. The van der Waals surface area contributed by atoms with Gasteiger partial charge in [-0.3, -0.25) is 0 Å². The predicted molar refractivity (Wildman–Crippen MR) is 76.9 cm³/mol. The van der Waals surface area contributed by atoms with Crippen LogP contribution in [0.25, 0.3) is 0 Å². The summed E-state index contributed by atoms with van der Waals surface area (Å²) in [6.45, 7) is 3.28. The van der Waals surface area contributed by atoms with Crippen LogP contribution >= 0.6 is 23.2 Å². The molecule has 0 aromatic heterocycles. The van der Waals surface area contributed by atoms with Gasteiger partial charge in [-0.1, -0.05) is 37.0 Å². The molecule has 1 aromatic rings. The van der Waals surface area contributed by atoms with E-state index in [0.29, 0.717) is 0 Å². The van der Waals surface area contributed by atoms with Crippen LogP contribution in [-0.2, 0) is 10.0 Å². The molecule has 1 atom stereocenters. The Labute approximate surface area is 122 Å². The number of anilines is 1. The highest BCUT2D eigenvalue weighted by atomic mass is 35.5. The molecule has 4 N–H and O–H groups in total. The standard InChI is InChI=1S/C11H16Cl2N2O3S/c1-6(2)8(5-16)15-19(17,18)9-4-3-7(12)11(14)10(9)13/h3-4,6,8,15-16H,5,14H2,1-2H3/t8-/m1/s1. The molecule has 19 heavy (non-hydrogen) atoms. The third-order valence-electron chi connectivity index (χ3n) is 2.69. The molecule has 0 saturated carbocycles. The van der Waals surface area contributed by atoms with Crippen LogP contribution in [0.5, 0.6) is 0 Å². The second kappa shape index (κ2) is 6.28. The molecule has 8 heteroatoms. The molecule has 0 unspecified atom stereocenters. The number of benzene rings is 1. The van der Waals surface area contributed by atoms with Crippen LogP contribution in [0.15, 0.2) is 17.0 Å². The van der Waals surface area contributed by atoms with E-state index in [1.807, 2.05) is 0 Å². The second-order valence-electron chi connectivity index (χ2n) is 4.43. The van der Waals surface area contributed by atoms with Crippen LogP contribution in [0.2, 0.25) is 10.0 Å². The number of hydrogen-bond acceptors (Lipinski definition) is 4. The van der Waals surface area contributed by atoms with Crippen LogP contribution in [0.1, 0.15) is 13.8 Å². The van der Waals surface area contributed by atoms with Crippen molar-refractivity contribution in [3.8, 4) is 0 Å². The predicted octanol–water partition coefficient (Wildman–Crippen LogP) is 1.87. The Morgan fingerprint density at radius 3 is 2.42 bits per heavy atom. The number of rotatable bonds is 5. The fourth-order valence-electron chi connectivity index (χ4n) is 1.40. The van der Waals surface area contributed by atoms with Crippen molar-refractivity contribution in [1.82, 2.24) is 4.72 Å². The molecule has 0 amide bonds. The van der Waals surface area contributed by atoms with Crippen molar-refractivity contribution >= 4 is 38.9 Å². The normalized spacial score (nSPS) is 13.8. The third kappa shape index (κ3) is 3.73. The molecule has 108 valence electrons. The molecule has 0 fully saturated rings. The van der Waals surface area contributed by atoms with Gasteiger partial charge >= 0.3 is 0 Å². The van der Waals surface area contributed by atoms with E-state index in [-0.39, 0.29) is 33.2 Å². The van der Waals surface area contributed by atoms with E-state index < -0.39 is 16.1 Å². The Kier molecular flexibility index (Phi) is 5.46. The Morgan fingerprint density at radius 1 is 1.37 bits per heavy atom. The van der Waals surface area contributed by atoms with Gasteiger partial charge in [0.2, 0.25) is 10.0 Å². The van der Waals surface area contributed by atoms with Crippen LogP contribution in [0.3, 0.4) is 0 Å². The number of hydrogen-bond donors (Lipinski definition) is 3. The highest BCUT2D eigenvalue weighted by Gasteiger charge is 2.25. The fourth-order valence-corrected chi connectivity index (χ4v) is 3.54. The highest BCUT2D eigenvalue weighted by molar-refractivity contribution is 7.89. The van der Waals surface area contributed by atoms with Gasteiger partial charge in [0, 0.05) is 6.04 Å². The molecular formula is C11H16Cl2N2O3S. The van der Waals surface area contributed by atoms with Gasteiger partial charge in [-0.2, -0.15) is 0 Å². The Bertz CT molecular complexity index is 561. The van der Waals surface area contributed by atoms with Gasteiger partial charge in [0.05, 0.1) is 22.3 Å². The molecule has 0 saturated heterocycles. The van der Waals surface area contributed by atoms with E-state index in [0.717, 1.165) is 0 Å². The lowest BCUT2D eigenvalue weighted by atomic mass is 10.1. The quantitative estimate of drug-likeness (QED) is 0.720. The minimum absolute atomic E-state index is 0.0105.